The summed E-state index contributed by atoms with van der Waals surface area (Å²) in [6, 6.07) is 8.70. The predicted octanol–water partition coefficient (Wildman–Crippen LogP) is 3.74. The molecule has 1 atom stereocenters. The first-order valence-corrected chi connectivity index (χ1v) is 9.09. The van der Waals surface area contributed by atoms with Gasteiger partial charge in [0.05, 0.1) is 0 Å². The lowest BCUT2D eigenvalue weighted by atomic mass is 9.94. The fourth-order valence-electron chi connectivity index (χ4n) is 3.59. The predicted molar refractivity (Wildman–Crippen MR) is 96.8 cm³/mol. The van der Waals surface area contributed by atoms with Crippen LogP contribution in [-0.2, 0) is 4.79 Å². The Morgan fingerprint density at radius 2 is 1.96 bits per heavy atom. The molecule has 5 nitrogen and oxygen atoms in total. The largest absolute Gasteiger partial charge is 0.481 e. The molecule has 0 N–H and O–H groups in total. The van der Waals surface area contributed by atoms with Gasteiger partial charge in [0.25, 0.3) is 5.91 Å². The van der Waals surface area contributed by atoms with E-state index in [2.05, 4.69) is 0 Å². The molecule has 1 amide bonds. The van der Waals surface area contributed by atoms with Crippen LogP contribution in [0.15, 0.2) is 39.5 Å². The maximum Gasteiger partial charge on any atom is 0.336 e. The number of carbonyl (C=O) groups excluding carboxylic acids is 1. The second-order valence-electron chi connectivity index (χ2n) is 6.63. The maximum absolute atomic E-state index is 12.8. The summed E-state index contributed by atoms with van der Waals surface area (Å²) in [6.07, 6.45) is 5.22. The first-order chi connectivity index (χ1) is 12.1. The zero-order valence-corrected chi connectivity index (χ0v) is 14.9. The molecular weight excluding hydrogens is 318 g/mol. The fraction of sp³-hybridized carbons (Fsp3) is 0.500. The number of likely N-dealkylation sites (N-methyl/N-ethyl adjacent to an activating group) is 1. The van der Waals surface area contributed by atoms with Crippen LogP contribution in [0.2, 0.25) is 0 Å². The zero-order valence-electron chi connectivity index (χ0n) is 14.9. The molecular formula is C20H25NO4. The molecule has 1 aliphatic rings. The molecule has 0 radical (unpaired) electrons. The number of nitrogens with zero attached hydrogens (tertiary/aromatic N) is 1. The lowest BCUT2D eigenvalue weighted by Crippen LogP contribution is -2.47. The van der Waals surface area contributed by atoms with E-state index in [1.807, 2.05) is 17.9 Å². The normalized spacial score (nSPS) is 16.6. The Bertz CT molecular complexity index is 792. The molecule has 0 aliphatic heterocycles. The van der Waals surface area contributed by atoms with E-state index in [1.54, 1.807) is 25.1 Å². The molecule has 0 unspecified atom stereocenters. The number of carbonyl (C=O) groups is 1. The fourth-order valence-corrected chi connectivity index (χ4v) is 3.59. The van der Waals surface area contributed by atoms with Crippen LogP contribution < -0.4 is 10.4 Å². The summed E-state index contributed by atoms with van der Waals surface area (Å²) < 4.78 is 11.0. The molecule has 1 aromatic heterocycles. The van der Waals surface area contributed by atoms with Gasteiger partial charge in [-0.15, -0.1) is 0 Å². The van der Waals surface area contributed by atoms with Gasteiger partial charge in [-0.3, -0.25) is 4.79 Å². The summed E-state index contributed by atoms with van der Waals surface area (Å²) in [5, 5.41) is 0.823. The molecule has 1 aromatic carbocycles. The van der Waals surface area contributed by atoms with Gasteiger partial charge in [0, 0.05) is 30.1 Å². The van der Waals surface area contributed by atoms with Crippen LogP contribution in [0.25, 0.3) is 11.0 Å². The quantitative estimate of drug-likeness (QED) is 0.776. The highest BCUT2D eigenvalue weighted by molar-refractivity contribution is 5.82. The highest BCUT2D eigenvalue weighted by Gasteiger charge is 2.28. The summed E-state index contributed by atoms with van der Waals surface area (Å²) in [5.41, 5.74) is 0.0625. The van der Waals surface area contributed by atoms with Gasteiger partial charge in [0.2, 0.25) is 0 Å². The minimum atomic E-state index is -0.574. The molecule has 0 bridgehead atoms. The van der Waals surface area contributed by atoms with Crippen molar-refractivity contribution in [1.29, 1.82) is 0 Å². The number of hydrogen-bond acceptors (Lipinski definition) is 4. The van der Waals surface area contributed by atoms with Crippen LogP contribution in [0, 0.1) is 0 Å². The van der Waals surface area contributed by atoms with Crippen LogP contribution in [0.5, 0.6) is 5.75 Å². The van der Waals surface area contributed by atoms with Gasteiger partial charge in [0.15, 0.2) is 6.10 Å². The van der Waals surface area contributed by atoms with Crippen LogP contribution in [0.1, 0.15) is 46.0 Å². The van der Waals surface area contributed by atoms with E-state index < -0.39 is 11.7 Å². The third kappa shape index (κ3) is 4.03. The Morgan fingerprint density at radius 1 is 1.24 bits per heavy atom. The van der Waals surface area contributed by atoms with E-state index in [-0.39, 0.29) is 5.91 Å². The van der Waals surface area contributed by atoms with Gasteiger partial charge in [-0.05, 0) is 44.9 Å². The average molecular weight is 343 g/mol. The van der Waals surface area contributed by atoms with E-state index in [0.29, 0.717) is 23.9 Å². The van der Waals surface area contributed by atoms with Gasteiger partial charge in [-0.1, -0.05) is 19.3 Å². The minimum Gasteiger partial charge on any atom is -0.481 e. The summed E-state index contributed by atoms with van der Waals surface area (Å²) >= 11 is 0. The van der Waals surface area contributed by atoms with Crippen molar-refractivity contribution in [3.8, 4) is 5.75 Å². The SMILES string of the molecule is CCN(C(=O)[C@@H](C)Oc1ccc2ccc(=O)oc2c1)C1CCCCC1. The highest BCUT2D eigenvalue weighted by Crippen LogP contribution is 2.25. The monoisotopic (exact) mass is 343 g/mol. The first kappa shape index (κ1) is 17.5. The third-order valence-corrected chi connectivity index (χ3v) is 4.89. The zero-order chi connectivity index (χ0) is 17.8. The van der Waals surface area contributed by atoms with Crippen molar-refractivity contribution < 1.29 is 13.9 Å². The Kier molecular flexibility index (Phi) is 5.41. The molecule has 0 saturated heterocycles. The average Bonchev–Trinajstić information content (AvgIpc) is 2.62. The molecule has 5 heteroatoms. The van der Waals surface area contributed by atoms with Gasteiger partial charge < -0.3 is 14.1 Å². The summed E-state index contributed by atoms with van der Waals surface area (Å²) in [6.45, 7) is 4.49. The topological polar surface area (TPSA) is 59.8 Å². The summed E-state index contributed by atoms with van der Waals surface area (Å²) in [4.78, 5) is 26.1. The van der Waals surface area contributed by atoms with Crippen LogP contribution in [0.3, 0.4) is 0 Å². The smallest absolute Gasteiger partial charge is 0.336 e. The molecule has 0 spiro atoms. The van der Waals surface area contributed by atoms with Crippen LogP contribution in [0.4, 0.5) is 0 Å². The van der Waals surface area contributed by atoms with Crippen molar-refractivity contribution in [3.63, 3.8) is 0 Å². The number of benzene rings is 1. The lowest BCUT2D eigenvalue weighted by Gasteiger charge is -2.35. The van der Waals surface area contributed by atoms with E-state index in [1.165, 1.54) is 25.3 Å². The molecule has 1 fully saturated rings. The van der Waals surface area contributed by atoms with Crippen molar-refractivity contribution in [2.75, 3.05) is 6.54 Å². The molecule has 25 heavy (non-hydrogen) atoms. The van der Waals surface area contributed by atoms with E-state index in [4.69, 9.17) is 9.15 Å². The van der Waals surface area contributed by atoms with Gasteiger partial charge in [0.1, 0.15) is 11.3 Å². The van der Waals surface area contributed by atoms with E-state index in [9.17, 15) is 9.59 Å². The maximum atomic E-state index is 12.8. The van der Waals surface area contributed by atoms with E-state index >= 15 is 0 Å². The Hall–Kier alpha value is -2.30. The number of ether oxygens (including phenoxy) is 1. The second-order valence-corrected chi connectivity index (χ2v) is 6.63. The third-order valence-electron chi connectivity index (χ3n) is 4.89. The molecule has 134 valence electrons. The van der Waals surface area contributed by atoms with Crippen molar-refractivity contribution in [1.82, 2.24) is 4.90 Å². The van der Waals surface area contributed by atoms with Crippen molar-refractivity contribution in [2.45, 2.75) is 58.1 Å². The Morgan fingerprint density at radius 3 is 2.68 bits per heavy atom. The van der Waals surface area contributed by atoms with Crippen LogP contribution in [-0.4, -0.2) is 29.5 Å². The Balaban J connectivity index is 1.72. The van der Waals surface area contributed by atoms with Gasteiger partial charge >= 0.3 is 5.63 Å². The second kappa shape index (κ2) is 7.72. The van der Waals surface area contributed by atoms with Crippen molar-refractivity contribution in [2.24, 2.45) is 0 Å². The van der Waals surface area contributed by atoms with Gasteiger partial charge in [-0.2, -0.15) is 0 Å². The number of rotatable bonds is 5. The molecule has 1 heterocycles. The molecule has 1 saturated carbocycles. The Labute approximate surface area is 147 Å². The number of amides is 1. The standard InChI is InChI=1S/C20H25NO4/c1-3-21(16-7-5-4-6-8-16)20(23)14(2)24-17-11-9-15-10-12-19(22)25-18(15)13-17/h9-14,16H,3-8H2,1-2H3/t14-/m1/s1. The molecule has 1 aliphatic carbocycles. The summed E-state index contributed by atoms with van der Waals surface area (Å²) in [5.74, 6) is 0.548. The molecule has 3 rings (SSSR count). The first-order valence-electron chi connectivity index (χ1n) is 9.09. The van der Waals surface area contributed by atoms with E-state index in [0.717, 1.165) is 18.2 Å². The highest BCUT2D eigenvalue weighted by atomic mass is 16.5. The van der Waals surface area contributed by atoms with Crippen molar-refractivity contribution in [3.05, 3.63) is 40.8 Å². The lowest BCUT2D eigenvalue weighted by molar-refractivity contribution is -0.140. The number of hydrogen-bond donors (Lipinski definition) is 0. The van der Waals surface area contributed by atoms with Crippen LogP contribution >= 0.6 is 0 Å². The van der Waals surface area contributed by atoms with Gasteiger partial charge in [-0.25, -0.2) is 4.79 Å². The number of fused-ring (bicyclic) bond motifs is 1. The van der Waals surface area contributed by atoms with Crippen molar-refractivity contribution >= 4 is 16.9 Å². The molecule has 2 aromatic rings. The minimum absolute atomic E-state index is 0.0176. The summed E-state index contributed by atoms with van der Waals surface area (Å²) in [7, 11) is 0.